The van der Waals surface area contributed by atoms with Crippen LogP contribution in [0.15, 0.2) is 41.1 Å². The quantitative estimate of drug-likeness (QED) is 0.650. The van der Waals surface area contributed by atoms with Gasteiger partial charge in [-0.15, -0.1) is 0 Å². The van der Waals surface area contributed by atoms with Crippen LogP contribution in [-0.4, -0.2) is 9.97 Å². The molecule has 0 bridgehead atoms. The smallest absolute Gasteiger partial charge is 0.154 e. The molecule has 3 aromatic rings. The number of benzene rings is 1. The Bertz CT molecular complexity index is 673. The van der Waals surface area contributed by atoms with Crippen LogP contribution >= 0.6 is 11.6 Å². The standard InChI is InChI=1S/C14H11ClN2O/c1-2-10-13(16-8-17-14(10)15)12-7-9-5-3-4-6-11(9)18-12/h3-8H,2H2,1H3. The van der Waals surface area contributed by atoms with Gasteiger partial charge in [-0.25, -0.2) is 9.97 Å². The Kier molecular flexibility index (Phi) is 2.76. The molecule has 0 aliphatic heterocycles. The number of rotatable bonds is 2. The van der Waals surface area contributed by atoms with Crippen molar-refractivity contribution in [3.63, 3.8) is 0 Å². The topological polar surface area (TPSA) is 38.9 Å². The van der Waals surface area contributed by atoms with E-state index in [2.05, 4.69) is 9.97 Å². The molecule has 0 radical (unpaired) electrons. The Hall–Kier alpha value is -1.87. The number of furan rings is 1. The van der Waals surface area contributed by atoms with Crippen LogP contribution in [0.4, 0.5) is 0 Å². The predicted molar refractivity (Wildman–Crippen MR) is 71.6 cm³/mol. The van der Waals surface area contributed by atoms with Crippen molar-refractivity contribution in [1.29, 1.82) is 0 Å². The summed E-state index contributed by atoms with van der Waals surface area (Å²) < 4.78 is 5.80. The van der Waals surface area contributed by atoms with Crippen LogP contribution in [0, 0.1) is 0 Å². The number of nitrogens with zero attached hydrogens (tertiary/aromatic N) is 2. The predicted octanol–water partition coefficient (Wildman–Crippen LogP) is 4.11. The Morgan fingerprint density at radius 1 is 1.22 bits per heavy atom. The minimum Gasteiger partial charge on any atom is -0.454 e. The van der Waals surface area contributed by atoms with E-state index in [0.29, 0.717) is 5.15 Å². The average Bonchev–Trinajstić information content (AvgIpc) is 2.82. The molecule has 0 amide bonds. The minimum absolute atomic E-state index is 0.489. The van der Waals surface area contributed by atoms with Gasteiger partial charge in [0.15, 0.2) is 5.76 Å². The second-order valence-electron chi connectivity index (χ2n) is 3.99. The van der Waals surface area contributed by atoms with Crippen molar-refractivity contribution in [3.8, 4) is 11.5 Å². The van der Waals surface area contributed by atoms with E-state index in [9.17, 15) is 0 Å². The van der Waals surface area contributed by atoms with Crippen LogP contribution in [0.25, 0.3) is 22.4 Å². The second kappa shape index (κ2) is 4.42. The summed E-state index contributed by atoms with van der Waals surface area (Å²) in [5, 5.41) is 1.55. The summed E-state index contributed by atoms with van der Waals surface area (Å²) in [6.45, 7) is 2.02. The molecule has 0 N–H and O–H groups in total. The normalized spacial score (nSPS) is 11.0. The number of aromatic nitrogens is 2. The molecule has 0 spiro atoms. The van der Waals surface area contributed by atoms with Gasteiger partial charge >= 0.3 is 0 Å². The van der Waals surface area contributed by atoms with Gasteiger partial charge in [-0.3, -0.25) is 0 Å². The maximum absolute atomic E-state index is 6.09. The number of halogens is 1. The minimum atomic E-state index is 0.489. The molecule has 0 saturated heterocycles. The molecular formula is C14H11ClN2O. The average molecular weight is 259 g/mol. The Balaban J connectivity index is 2.23. The van der Waals surface area contributed by atoms with Crippen LogP contribution in [0.5, 0.6) is 0 Å². The molecule has 0 atom stereocenters. The van der Waals surface area contributed by atoms with E-state index in [1.54, 1.807) is 0 Å². The molecule has 2 heterocycles. The Labute approximate surface area is 109 Å². The zero-order valence-corrected chi connectivity index (χ0v) is 10.6. The van der Waals surface area contributed by atoms with E-state index in [-0.39, 0.29) is 0 Å². The van der Waals surface area contributed by atoms with E-state index < -0.39 is 0 Å². The van der Waals surface area contributed by atoms with Gasteiger partial charge in [0.25, 0.3) is 0 Å². The number of para-hydroxylation sites is 1. The van der Waals surface area contributed by atoms with Crippen LogP contribution in [-0.2, 0) is 6.42 Å². The molecule has 90 valence electrons. The molecule has 0 aliphatic carbocycles. The fourth-order valence-corrected chi connectivity index (χ4v) is 2.28. The van der Waals surface area contributed by atoms with Crippen molar-refractivity contribution >= 4 is 22.6 Å². The first-order valence-electron chi connectivity index (χ1n) is 5.78. The van der Waals surface area contributed by atoms with Gasteiger partial charge in [-0.2, -0.15) is 0 Å². The van der Waals surface area contributed by atoms with Crippen molar-refractivity contribution in [2.75, 3.05) is 0 Å². The molecule has 0 saturated carbocycles. The zero-order valence-electron chi connectivity index (χ0n) is 9.85. The highest BCUT2D eigenvalue weighted by molar-refractivity contribution is 6.30. The summed E-state index contributed by atoms with van der Waals surface area (Å²) in [5.41, 5.74) is 2.54. The van der Waals surface area contributed by atoms with Gasteiger partial charge < -0.3 is 4.42 Å². The summed E-state index contributed by atoms with van der Waals surface area (Å²) in [4.78, 5) is 8.29. The van der Waals surface area contributed by atoms with Gasteiger partial charge in [0.05, 0.1) is 0 Å². The van der Waals surface area contributed by atoms with E-state index >= 15 is 0 Å². The third kappa shape index (κ3) is 1.77. The summed E-state index contributed by atoms with van der Waals surface area (Å²) in [7, 11) is 0. The molecule has 3 rings (SSSR count). The molecule has 18 heavy (non-hydrogen) atoms. The fraction of sp³-hybridized carbons (Fsp3) is 0.143. The summed E-state index contributed by atoms with van der Waals surface area (Å²) in [6.07, 6.45) is 2.23. The van der Waals surface area contributed by atoms with Crippen molar-refractivity contribution in [1.82, 2.24) is 9.97 Å². The van der Waals surface area contributed by atoms with Crippen molar-refractivity contribution < 1.29 is 4.42 Å². The lowest BCUT2D eigenvalue weighted by Crippen LogP contribution is -1.94. The maximum Gasteiger partial charge on any atom is 0.154 e. The van der Waals surface area contributed by atoms with Crippen molar-refractivity contribution in [2.45, 2.75) is 13.3 Å². The van der Waals surface area contributed by atoms with Gasteiger partial charge in [0, 0.05) is 10.9 Å². The van der Waals surface area contributed by atoms with E-state index in [4.69, 9.17) is 16.0 Å². The highest BCUT2D eigenvalue weighted by atomic mass is 35.5. The highest BCUT2D eigenvalue weighted by Gasteiger charge is 2.14. The van der Waals surface area contributed by atoms with Crippen LogP contribution in [0.2, 0.25) is 5.15 Å². The van der Waals surface area contributed by atoms with Crippen molar-refractivity contribution in [2.24, 2.45) is 0 Å². The van der Waals surface area contributed by atoms with E-state index in [0.717, 1.165) is 34.4 Å². The molecule has 0 fully saturated rings. The molecule has 0 aliphatic rings. The molecule has 0 unspecified atom stereocenters. The maximum atomic E-state index is 6.09. The fourth-order valence-electron chi connectivity index (χ4n) is 2.02. The third-order valence-corrected chi connectivity index (χ3v) is 3.23. The van der Waals surface area contributed by atoms with E-state index in [1.165, 1.54) is 6.33 Å². The number of hydrogen-bond donors (Lipinski definition) is 0. The van der Waals surface area contributed by atoms with Gasteiger partial charge in [-0.05, 0) is 18.6 Å². The molecular weight excluding hydrogens is 248 g/mol. The van der Waals surface area contributed by atoms with Crippen LogP contribution in [0.3, 0.4) is 0 Å². The van der Waals surface area contributed by atoms with E-state index in [1.807, 2.05) is 37.3 Å². The molecule has 4 heteroatoms. The van der Waals surface area contributed by atoms with Crippen LogP contribution in [0.1, 0.15) is 12.5 Å². The molecule has 3 nitrogen and oxygen atoms in total. The van der Waals surface area contributed by atoms with Gasteiger partial charge in [-0.1, -0.05) is 36.7 Å². The monoisotopic (exact) mass is 258 g/mol. The zero-order chi connectivity index (χ0) is 12.5. The number of fused-ring (bicyclic) bond motifs is 1. The Morgan fingerprint density at radius 3 is 2.83 bits per heavy atom. The largest absolute Gasteiger partial charge is 0.454 e. The lowest BCUT2D eigenvalue weighted by atomic mass is 10.1. The highest BCUT2D eigenvalue weighted by Crippen LogP contribution is 2.30. The first kappa shape index (κ1) is 11.2. The molecule has 1 aromatic carbocycles. The summed E-state index contributed by atoms with van der Waals surface area (Å²) in [5.74, 6) is 0.734. The van der Waals surface area contributed by atoms with Gasteiger partial charge in [0.2, 0.25) is 0 Å². The summed E-state index contributed by atoms with van der Waals surface area (Å²) in [6, 6.07) is 9.86. The first-order chi connectivity index (χ1) is 8.79. The number of hydrogen-bond acceptors (Lipinski definition) is 3. The lowest BCUT2D eigenvalue weighted by Gasteiger charge is -2.04. The lowest BCUT2D eigenvalue weighted by molar-refractivity contribution is 0.627. The van der Waals surface area contributed by atoms with Crippen molar-refractivity contribution in [3.05, 3.63) is 47.4 Å². The molecule has 2 aromatic heterocycles. The Morgan fingerprint density at radius 2 is 2.06 bits per heavy atom. The third-order valence-electron chi connectivity index (χ3n) is 2.91. The SMILES string of the molecule is CCc1c(Cl)ncnc1-c1cc2ccccc2o1. The second-order valence-corrected chi connectivity index (χ2v) is 4.35. The summed E-state index contributed by atoms with van der Waals surface area (Å²) >= 11 is 6.09. The van der Waals surface area contributed by atoms with Crippen LogP contribution < -0.4 is 0 Å². The van der Waals surface area contributed by atoms with Gasteiger partial charge in [0.1, 0.15) is 22.8 Å². The first-order valence-corrected chi connectivity index (χ1v) is 6.15.